The van der Waals surface area contributed by atoms with Crippen molar-refractivity contribution < 1.29 is 4.74 Å². The summed E-state index contributed by atoms with van der Waals surface area (Å²) in [6, 6.07) is 8.63. The first-order valence-electron chi connectivity index (χ1n) is 6.72. The Hall–Kier alpha value is -1.06. The molecule has 18 heavy (non-hydrogen) atoms. The van der Waals surface area contributed by atoms with Crippen LogP contribution < -0.4 is 10.5 Å². The summed E-state index contributed by atoms with van der Waals surface area (Å²) in [7, 11) is 1.68. The Balaban J connectivity index is 2.64. The van der Waals surface area contributed by atoms with E-state index in [-0.39, 0.29) is 6.04 Å². The lowest BCUT2D eigenvalue weighted by molar-refractivity contribution is 0.209. The first kappa shape index (κ1) is 15.0. The van der Waals surface area contributed by atoms with Crippen molar-refractivity contribution in [2.75, 3.05) is 20.2 Å². The Bertz CT molecular complexity index is 335. The van der Waals surface area contributed by atoms with E-state index in [0.29, 0.717) is 6.04 Å². The Morgan fingerprint density at radius 3 is 2.28 bits per heavy atom. The number of nitrogens with zero attached hydrogens (tertiary/aromatic N) is 1. The van der Waals surface area contributed by atoms with Crippen LogP contribution in [0.4, 0.5) is 0 Å². The minimum Gasteiger partial charge on any atom is -0.497 e. The summed E-state index contributed by atoms with van der Waals surface area (Å²) in [4.78, 5) is 2.43. The van der Waals surface area contributed by atoms with Crippen LogP contribution in [0.15, 0.2) is 24.3 Å². The molecule has 3 heteroatoms. The number of benzene rings is 1. The minimum absolute atomic E-state index is 0.0601. The highest BCUT2D eigenvalue weighted by atomic mass is 16.5. The van der Waals surface area contributed by atoms with Crippen molar-refractivity contribution in [3.63, 3.8) is 0 Å². The first-order valence-corrected chi connectivity index (χ1v) is 6.72. The fraction of sp³-hybridized carbons (Fsp3) is 0.600. The molecule has 102 valence electrons. The monoisotopic (exact) mass is 250 g/mol. The van der Waals surface area contributed by atoms with Gasteiger partial charge in [0.15, 0.2) is 0 Å². The van der Waals surface area contributed by atoms with Crippen LogP contribution in [0.3, 0.4) is 0 Å². The molecule has 0 saturated carbocycles. The van der Waals surface area contributed by atoms with Crippen LogP contribution in [0.2, 0.25) is 0 Å². The molecule has 0 heterocycles. The number of hydrogen-bond acceptors (Lipinski definition) is 3. The highest BCUT2D eigenvalue weighted by Crippen LogP contribution is 2.17. The van der Waals surface area contributed by atoms with E-state index >= 15 is 0 Å². The summed E-state index contributed by atoms with van der Waals surface area (Å²) in [6.45, 7) is 8.64. The summed E-state index contributed by atoms with van der Waals surface area (Å²) in [5, 5.41) is 0. The fourth-order valence-electron chi connectivity index (χ4n) is 2.06. The van der Waals surface area contributed by atoms with Gasteiger partial charge in [0.05, 0.1) is 7.11 Å². The smallest absolute Gasteiger partial charge is 0.118 e. The summed E-state index contributed by atoms with van der Waals surface area (Å²) in [5.74, 6) is 0.875. The second-order valence-corrected chi connectivity index (χ2v) is 4.97. The van der Waals surface area contributed by atoms with E-state index in [4.69, 9.17) is 10.5 Å². The summed E-state index contributed by atoms with van der Waals surface area (Å²) >= 11 is 0. The van der Waals surface area contributed by atoms with Crippen molar-refractivity contribution in [1.29, 1.82) is 0 Å². The maximum absolute atomic E-state index is 6.27. The van der Waals surface area contributed by atoms with Gasteiger partial charge in [0.2, 0.25) is 0 Å². The van der Waals surface area contributed by atoms with E-state index in [1.165, 1.54) is 0 Å². The van der Waals surface area contributed by atoms with Crippen LogP contribution in [0.5, 0.6) is 5.75 Å². The summed E-state index contributed by atoms with van der Waals surface area (Å²) < 4.78 is 5.16. The van der Waals surface area contributed by atoms with Crippen LogP contribution in [0.1, 0.15) is 38.8 Å². The quantitative estimate of drug-likeness (QED) is 0.808. The number of ether oxygens (including phenoxy) is 1. The van der Waals surface area contributed by atoms with Gasteiger partial charge < -0.3 is 10.5 Å². The number of hydrogen-bond donors (Lipinski definition) is 1. The van der Waals surface area contributed by atoms with Crippen LogP contribution in [0.25, 0.3) is 0 Å². The molecule has 0 saturated heterocycles. The van der Waals surface area contributed by atoms with Gasteiger partial charge in [-0.1, -0.05) is 19.1 Å². The molecule has 1 unspecified atom stereocenters. The fourth-order valence-corrected chi connectivity index (χ4v) is 2.06. The van der Waals surface area contributed by atoms with Gasteiger partial charge in [0.25, 0.3) is 0 Å². The molecule has 2 N–H and O–H groups in total. The standard InChI is InChI=1S/C15H26N2O/c1-5-10-17(12(2)3)11-15(16)13-6-8-14(18-4)9-7-13/h6-9,12,15H,5,10-11,16H2,1-4H3. The van der Waals surface area contributed by atoms with Gasteiger partial charge in [-0.05, 0) is 44.5 Å². The zero-order chi connectivity index (χ0) is 13.5. The van der Waals surface area contributed by atoms with Gasteiger partial charge in [0.1, 0.15) is 5.75 Å². The van der Waals surface area contributed by atoms with Crippen molar-refractivity contribution in [2.45, 2.75) is 39.3 Å². The largest absolute Gasteiger partial charge is 0.497 e. The van der Waals surface area contributed by atoms with E-state index in [0.717, 1.165) is 30.8 Å². The second-order valence-electron chi connectivity index (χ2n) is 4.97. The second kappa shape index (κ2) is 7.39. The molecule has 0 aliphatic heterocycles. The number of rotatable bonds is 7. The molecule has 0 fully saturated rings. The van der Waals surface area contributed by atoms with Crippen LogP contribution in [-0.2, 0) is 0 Å². The Morgan fingerprint density at radius 1 is 1.22 bits per heavy atom. The third-order valence-electron chi connectivity index (χ3n) is 3.22. The lowest BCUT2D eigenvalue weighted by Crippen LogP contribution is -2.37. The Labute approximate surface area is 111 Å². The predicted molar refractivity (Wildman–Crippen MR) is 76.9 cm³/mol. The Kier molecular flexibility index (Phi) is 6.16. The number of methoxy groups -OCH3 is 1. The van der Waals surface area contributed by atoms with E-state index in [1.54, 1.807) is 7.11 Å². The molecule has 0 radical (unpaired) electrons. The summed E-state index contributed by atoms with van der Waals surface area (Å²) in [6.07, 6.45) is 1.16. The van der Waals surface area contributed by atoms with Gasteiger partial charge in [-0.3, -0.25) is 4.90 Å². The molecule has 0 bridgehead atoms. The zero-order valence-electron chi connectivity index (χ0n) is 12.0. The predicted octanol–water partition coefficient (Wildman–Crippen LogP) is 2.82. The van der Waals surface area contributed by atoms with E-state index in [1.807, 2.05) is 24.3 Å². The lowest BCUT2D eigenvalue weighted by Gasteiger charge is -2.29. The van der Waals surface area contributed by atoms with Gasteiger partial charge in [0, 0.05) is 18.6 Å². The van der Waals surface area contributed by atoms with Crippen molar-refractivity contribution >= 4 is 0 Å². The average Bonchev–Trinajstić information content (AvgIpc) is 2.38. The van der Waals surface area contributed by atoms with Crippen molar-refractivity contribution in [3.8, 4) is 5.75 Å². The van der Waals surface area contributed by atoms with Crippen molar-refractivity contribution in [2.24, 2.45) is 5.73 Å². The van der Waals surface area contributed by atoms with Gasteiger partial charge in [-0.15, -0.1) is 0 Å². The van der Waals surface area contributed by atoms with Crippen LogP contribution in [-0.4, -0.2) is 31.1 Å². The maximum Gasteiger partial charge on any atom is 0.118 e. The van der Waals surface area contributed by atoms with Gasteiger partial charge >= 0.3 is 0 Å². The molecule has 0 aliphatic rings. The van der Waals surface area contributed by atoms with E-state index in [9.17, 15) is 0 Å². The summed E-state index contributed by atoms with van der Waals surface area (Å²) in [5.41, 5.74) is 7.44. The molecule has 1 aromatic rings. The molecule has 0 spiro atoms. The Morgan fingerprint density at radius 2 is 1.83 bits per heavy atom. The molecule has 0 aliphatic carbocycles. The molecular weight excluding hydrogens is 224 g/mol. The first-order chi connectivity index (χ1) is 8.58. The molecule has 3 nitrogen and oxygen atoms in total. The normalized spacial score (nSPS) is 13.1. The number of nitrogens with two attached hydrogens (primary N) is 1. The molecule has 0 amide bonds. The third kappa shape index (κ3) is 4.31. The minimum atomic E-state index is 0.0601. The molecule has 1 rings (SSSR count). The van der Waals surface area contributed by atoms with E-state index < -0.39 is 0 Å². The highest BCUT2D eigenvalue weighted by molar-refractivity contribution is 5.29. The van der Waals surface area contributed by atoms with E-state index in [2.05, 4.69) is 25.7 Å². The molecule has 1 atom stereocenters. The maximum atomic E-state index is 6.27. The SMILES string of the molecule is CCCN(CC(N)c1ccc(OC)cc1)C(C)C. The highest BCUT2D eigenvalue weighted by Gasteiger charge is 2.14. The van der Waals surface area contributed by atoms with Crippen LogP contribution in [0, 0.1) is 0 Å². The van der Waals surface area contributed by atoms with Crippen molar-refractivity contribution in [1.82, 2.24) is 4.90 Å². The molecule has 0 aromatic heterocycles. The third-order valence-corrected chi connectivity index (χ3v) is 3.22. The average molecular weight is 250 g/mol. The lowest BCUT2D eigenvalue weighted by atomic mass is 10.1. The van der Waals surface area contributed by atoms with Crippen molar-refractivity contribution in [3.05, 3.63) is 29.8 Å². The van der Waals surface area contributed by atoms with Gasteiger partial charge in [-0.25, -0.2) is 0 Å². The zero-order valence-corrected chi connectivity index (χ0v) is 12.0. The van der Waals surface area contributed by atoms with Crippen LogP contribution >= 0.6 is 0 Å². The molecular formula is C15H26N2O. The topological polar surface area (TPSA) is 38.5 Å². The van der Waals surface area contributed by atoms with Gasteiger partial charge in [-0.2, -0.15) is 0 Å². The molecule has 1 aromatic carbocycles.